The Morgan fingerprint density at radius 1 is 1.29 bits per heavy atom. The summed E-state index contributed by atoms with van der Waals surface area (Å²) < 4.78 is 22.3. The third-order valence-electron chi connectivity index (χ3n) is 2.34. The van der Waals surface area contributed by atoms with Gasteiger partial charge in [-0.1, -0.05) is 13.8 Å². The molecule has 4 heteroatoms. The summed E-state index contributed by atoms with van der Waals surface area (Å²) in [5.41, 5.74) is 0. The Hall–Kier alpha value is -0.0900. The van der Waals surface area contributed by atoms with E-state index >= 15 is 0 Å². The van der Waals surface area contributed by atoms with Crippen LogP contribution in [0.4, 0.5) is 0 Å². The lowest BCUT2D eigenvalue weighted by molar-refractivity contribution is 0.161. The smallest absolute Gasteiger partial charge is 0.150 e. The van der Waals surface area contributed by atoms with Gasteiger partial charge in [0, 0.05) is 5.75 Å². The lowest BCUT2D eigenvalue weighted by Crippen LogP contribution is -2.11. The van der Waals surface area contributed by atoms with Crippen molar-refractivity contribution in [2.24, 2.45) is 5.92 Å². The third kappa shape index (κ3) is 7.33. The number of hydrogen-bond donors (Lipinski definition) is 1. The molecule has 0 heterocycles. The molecule has 0 aromatic carbocycles. The fourth-order valence-electron chi connectivity index (χ4n) is 1.50. The molecule has 3 nitrogen and oxygen atoms in total. The van der Waals surface area contributed by atoms with Gasteiger partial charge in [-0.3, -0.25) is 0 Å². The predicted octanol–water partition coefficient (Wildman–Crippen LogP) is 1.61. The Bertz CT molecular complexity index is 232. The second-order valence-electron chi connectivity index (χ2n) is 4.07. The summed E-state index contributed by atoms with van der Waals surface area (Å²) in [5, 5.41) is 9.11. The highest BCUT2D eigenvalue weighted by Crippen LogP contribution is 2.13. The molecule has 0 radical (unpaired) electrons. The van der Waals surface area contributed by atoms with Crippen molar-refractivity contribution in [3.05, 3.63) is 0 Å². The third-order valence-corrected chi connectivity index (χ3v) is 4.13. The maximum Gasteiger partial charge on any atom is 0.150 e. The molecule has 2 unspecified atom stereocenters. The molecule has 2 atom stereocenters. The van der Waals surface area contributed by atoms with Crippen molar-refractivity contribution in [1.82, 2.24) is 0 Å². The molecule has 14 heavy (non-hydrogen) atoms. The summed E-state index contributed by atoms with van der Waals surface area (Å²) in [6.45, 7) is 5.49. The zero-order valence-electron chi connectivity index (χ0n) is 9.36. The molecule has 0 aliphatic heterocycles. The molecule has 0 spiro atoms. The Morgan fingerprint density at radius 3 is 2.29 bits per heavy atom. The molecule has 0 rings (SSSR count). The molecule has 86 valence electrons. The zero-order chi connectivity index (χ0) is 11.2. The van der Waals surface area contributed by atoms with Crippen molar-refractivity contribution in [2.75, 3.05) is 11.5 Å². The minimum atomic E-state index is -2.81. The lowest BCUT2D eigenvalue weighted by Gasteiger charge is -2.12. The zero-order valence-corrected chi connectivity index (χ0v) is 10.2. The van der Waals surface area contributed by atoms with Crippen LogP contribution >= 0.6 is 0 Å². The van der Waals surface area contributed by atoms with Crippen molar-refractivity contribution in [2.45, 2.75) is 46.1 Å². The van der Waals surface area contributed by atoms with Crippen molar-refractivity contribution in [3.8, 4) is 0 Å². The molecule has 0 aromatic heterocycles. The average molecular weight is 222 g/mol. The van der Waals surface area contributed by atoms with E-state index in [-0.39, 0.29) is 17.6 Å². The lowest BCUT2D eigenvalue weighted by atomic mass is 10.00. The van der Waals surface area contributed by atoms with Crippen molar-refractivity contribution in [1.29, 1.82) is 0 Å². The first-order valence-electron chi connectivity index (χ1n) is 5.26. The standard InChI is InChI=1S/C10H22O3S/c1-4-14(12,13)7-5-6-9(2)8-10(3)11/h9-11H,4-8H2,1-3H3. The van der Waals surface area contributed by atoms with Gasteiger partial charge in [-0.05, 0) is 32.1 Å². The van der Waals surface area contributed by atoms with Crippen molar-refractivity contribution in [3.63, 3.8) is 0 Å². The van der Waals surface area contributed by atoms with Gasteiger partial charge in [0.1, 0.15) is 9.84 Å². The van der Waals surface area contributed by atoms with Gasteiger partial charge >= 0.3 is 0 Å². The van der Waals surface area contributed by atoms with Crippen LogP contribution in [0, 0.1) is 5.92 Å². The van der Waals surface area contributed by atoms with E-state index < -0.39 is 9.84 Å². The van der Waals surface area contributed by atoms with Crippen LogP contribution in [0.5, 0.6) is 0 Å². The van der Waals surface area contributed by atoms with Crippen molar-refractivity contribution >= 4 is 9.84 Å². The van der Waals surface area contributed by atoms with Crippen LogP contribution in [0.15, 0.2) is 0 Å². The molecular weight excluding hydrogens is 200 g/mol. The number of sulfone groups is 1. The molecule has 0 saturated heterocycles. The Morgan fingerprint density at radius 2 is 1.86 bits per heavy atom. The second kappa shape index (κ2) is 6.40. The molecule has 0 fully saturated rings. The molecule has 0 aliphatic rings. The van der Waals surface area contributed by atoms with E-state index in [2.05, 4.69) is 0 Å². The summed E-state index contributed by atoms with van der Waals surface area (Å²) in [6.07, 6.45) is 2.06. The van der Waals surface area contributed by atoms with E-state index in [0.717, 1.165) is 12.8 Å². The molecule has 1 N–H and O–H groups in total. The van der Waals surface area contributed by atoms with Gasteiger partial charge in [-0.2, -0.15) is 0 Å². The van der Waals surface area contributed by atoms with Gasteiger partial charge in [-0.25, -0.2) is 8.42 Å². The largest absolute Gasteiger partial charge is 0.393 e. The van der Waals surface area contributed by atoms with E-state index in [4.69, 9.17) is 5.11 Å². The first kappa shape index (κ1) is 13.9. The van der Waals surface area contributed by atoms with E-state index in [1.807, 2.05) is 6.92 Å². The highest BCUT2D eigenvalue weighted by Gasteiger charge is 2.10. The molecule has 0 saturated carbocycles. The maximum absolute atomic E-state index is 11.2. The average Bonchev–Trinajstić information content (AvgIpc) is 2.02. The van der Waals surface area contributed by atoms with Crippen LogP contribution in [-0.2, 0) is 9.84 Å². The van der Waals surface area contributed by atoms with Crippen LogP contribution in [0.2, 0.25) is 0 Å². The molecule has 0 bridgehead atoms. The number of aliphatic hydroxyl groups excluding tert-OH is 1. The van der Waals surface area contributed by atoms with Crippen LogP contribution in [0.3, 0.4) is 0 Å². The van der Waals surface area contributed by atoms with Gasteiger partial charge in [0.05, 0.1) is 11.9 Å². The molecule has 0 aromatic rings. The van der Waals surface area contributed by atoms with Crippen LogP contribution in [0.25, 0.3) is 0 Å². The topological polar surface area (TPSA) is 54.4 Å². The summed E-state index contributed by atoms with van der Waals surface area (Å²) >= 11 is 0. The first-order chi connectivity index (χ1) is 6.37. The van der Waals surface area contributed by atoms with Crippen LogP contribution < -0.4 is 0 Å². The van der Waals surface area contributed by atoms with E-state index in [1.165, 1.54) is 0 Å². The molecular formula is C10H22O3S. The minimum Gasteiger partial charge on any atom is -0.393 e. The van der Waals surface area contributed by atoms with Crippen LogP contribution in [0.1, 0.15) is 40.0 Å². The van der Waals surface area contributed by atoms with Gasteiger partial charge in [0.15, 0.2) is 0 Å². The Labute approximate surface area is 87.4 Å². The highest BCUT2D eigenvalue weighted by molar-refractivity contribution is 7.91. The number of aliphatic hydroxyl groups is 1. The van der Waals surface area contributed by atoms with Gasteiger partial charge in [0.2, 0.25) is 0 Å². The quantitative estimate of drug-likeness (QED) is 0.712. The Kier molecular flexibility index (Phi) is 6.36. The Balaban J connectivity index is 3.64. The van der Waals surface area contributed by atoms with E-state index in [0.29, 0.717) is 12.3 Å². The normalized spacial score (nSPS) is 16.6. The maximum atomic E-state index is 11.2. The number of hydrogen-bond acceptors (Lipinski definition) is 3. The summed E-state index contributed by atoms with van der Waals surface area (Å²) in [5.74, 6) is 0.924. The predicted molar refractivity (Wildman–Crippen MR) is 59.0 cm³/mol. The van der Waals surface area contributed by atoms with Crippen molar-refractivity contribution < 1.29 is 13.5 Å². The first-order valence-corrected chi connectivity index (χ1v) is 7.08. The van der Waals surface area contributed by atoms with E-state index in [9.17, 15) is 8.42 Å². The summed E-state index contributed by atoms with van der Waals surface area (Å²) in [4.78, 5) is 0. The summed E-state index contributed by atoms with van der Waals surface area (Å²) in [6, 6.07) is 0. The second-order valence-corrected chi connectivity index (χ2v) is 6.54. The fourth-order valence-corrected chi connectivity index (χ4v) is 2.39. The fraction of sp³-hybridized carbons (Fsp3) is 1.00. The monoisotopic (exact) mass is 222 g/mol. The minimum absolute atomic E-state index is 0.234. The van der Waals surface area contributed by atoms with Gasteiger partial charge in [-0.15, -0.1) is 0 Å². The molecule has 0 aliphatic carbocycles. The summed E-state index contributed by atoms with van der Waals surface area (Å²) in [7, 11) is -2.81. The van der Waals surface area contributed by atoms with Gasteiger partial charge in [0.25, 0.3) is 0 Å². The highest BCUT2D eigenvalue weighted by atomic mass is 32.2. The molecule has 0 amide bonds. The van der Waals surface area contributed by atoms with Crippen LogP contribution in [-0.4, -0.2) is 31.1 Å². The number of rotatable bonds is 7. The van der Waals surface area contributed by atoms with E-state index in [1.54, 1.807) is 13.8 Å². The van der Waals surface area contributed by atoms with Gasteiger partial charge < -0.3 is 5.11 Å². The SMILES string of the molecule is CCS(=O)(=O)CCCC(C)CC(C)O.